The molecule has 0 unspecified atom stereocenters. The van der Waals surface area contributed by atoms with Gasteiger partial charge in [-0.1, -0.05) is 11.8 Å². The molecule has 0 amide bonds. The molecule has 0 saturated carbocycles. The van der Waals surface area contributed by atoms with Gasteiger partial charge in [-0.2, -0.15) is 0 Å². The molecule has 0 bridgehead atoms. The highest BCUT2D eigenvalue weighted by Gasteiger charge is 2.30. The Labute approximate surface area is 155 Å². The van der Waals surface area contributed by atoms with Gasteiger partial charge in [-0.25, -0.2) is 0 Å². The Morgan fingerprint density at radius 1 is 1.19 bits per heavy atom. The quantitative estimate of drug-likeness (QED) is 0.663. The number of hydrogen-bond acceptors (Lipinski definition) is 7. The maximum absolute atomic E-state index is 6.15. The Hall–Kier alpha value is -2.29. The van der Waals surface area contributed by atoms with Gasteiger partial charge in [0.1, 0.15) is 12.6 Å². The summed E-state index contributed by atoms with van der Waals surface area (Å²) in [5, 5.41) is 10.8. The lowest BCUT2D eigenvalue weighted by Crippen LogP contribution is -2.82. The lowest BCUT2D eigenvalue weighted by molar-refractivity contribution is -0.697. The highest BCUT2D eigenvalue weighted by atomic mass is 32.2. The molecule has 4 rings (SSSR count). The normalized spacial score (nSPS) is 19.8. The summed E-state index contributed by atoms with van der Waals surface area (Å²) in [5.41, 5.74) is 2.36. The number of benzene rings is 1. The molecule has 2 atom stereocenters. The standard InChI is InChI=1S/C18H20N4O3S/c1-22(2)13-7-5-12(6-8-13)16-19-10-14(24-16)11-26-18-21-20-17(25-18)15-4-3-9-23-15/h3-9,14,16,19H,10-11H2,1-2H3/p+1/t14-,16-/m0/s1. The molecule has 0 aliphatic carbocycles. The van der Waals surface area contributed by atoms with Gasteiger partial charge in [-0.05, 0) is 36.4 Å². The van der Waals surface area contributed by atoms with E-state index in [9.17, 15) is 0 Å². The number of rotatable bonds is 6. The molecule has 1 saturated heterocycles. The average Bonchev–Trinajstić information content (AvgIpc) is 3.40. The van der Waals surface area contributed by atoms with Crippen molar-refractivity contribution in [3.63, 3.8) is 0 Å². The minimum atomic E-state index is 0.0400. The first-order valence-electron chi connectivity index (χ1n) is 8.45. The average molecular weight is 373 g/mol. The fourth-order valence-electron chi connectivity index (χ4n) is 2.81. The van der Waals surface area contributed by atoms with Gasteiger partial charge in [-0.3, -0.25) is 0 Å². The zero-order valence-electron chi connectivity index (χ0n) is 14.7. The van der Waals surface area contributed by atoms with Crippen LogP contribution in [0.1, 0.15) is 11.8 Å². The Morgan fingerprint density at radius 2 is 2.04 bits per heavy atom. The van der Waals surface area contributed by atoms with Gasteiger partial charge in [0, 0.05) is 31.1 Å². The predicted molar refractivity (Wildman–Crippen MR) is 97.9 cm³/mol. The smallest absolute Gasteiger partial charge is 0.284 e. The molecule has 0 radical (unpaired) electrons. The molecule has 2 N–H and O–H groups in total. The molecular formula is C18H21N4O3S+. The summed E-state index contributed by atoms with van der Waals surface area (Å²) in [6, 6.07) is 12.1. The number of hydrogen-bond donors (Lipinski definition) is 1. The van der Waals surface area contributed by atoms with Crippen molar-refractivity contribution in [2.75, 3.05) is 31.3 Å². The van der Waals surface area contributed by atoms with Crippen molar-refractivity contribution < 1.29 is 18.9 Å². The number of nitrogens with zero attached hydrogens (tertiary/aromatic N) is 3. The molecule has 0 spiro atoms. The Kier molecular flexibility index (Phi) is 4.96. The molecule has 1 aliphatic heterocycles. The van der Waals surface area contributed by atoms with Crippen molar-refractivity contribution in [2.24, 2.45) is 0 Å². The number of anilines is 1. The van der Waals surface area contributed by atoms with Gasteiger partial charge in [0.2, 0.25) is 6.23 Å². The number of quaternary nitrogens is 1. The Bertz CT molecular complexity index is 833. The summed E-state index contributed by atoms with van der Waals surface area (Å²) in [6.45, 7) is 0.909. The van der Waals surface area contributed by atoms with Crippen molar-refractivity contribution >= 4 is 17.4 Å². The first kappa shape index (κ1) is 17.1. The molecule has 3 heterocycles. The van der Waals surface area contributed by atoms with Crippen LogP contribution in [0.5, 0.6) is 0 Å². The lowest BCUT2D eigenvalue weighted by atomic mass is 10.2. The number of thioether (sulfide) groups is 1. The van der Waals surface area contributed by atoms with E-state index in [0.29, 0.717) is 16.9 Å². The van der Waals surface area contributed by atoms with Crippen LogP contribution >= 0.6 is 11.8 Å². The molecule has 8 heteroatoms. The SMILES string of the molecule is CN(C)c1ccc([C@H]2[NH2+]C[C@@H](CSc3nnc(-c4ccco4)o3)O2)cc1. The van der Waals surface area contributed by atoms with Crippen molar-refractivity contribution in [1.29, 1.82) is 0 Å². The van der Waals surface area contributed by atoms with E-state index in [-0.39, 0.29) is 12.3 Å². The number of ether oxygens (including phenoxy) is 1. The van der Waals surface area contributed by atoms with Crippen molar-refractivity contribution in [1.82, 2.24) is 10.2 Å². The van der Waals surface area contributed by atoms with E-state index in [2.05, 4.69) is 44.7 Å². The van der Waals surface area contributed by atoms with Crippen LogP contribution in [0.3, 0.4) is 0 Å². The molecule has 26 heavy (non-hydrogen) atoms. The maximum atomic E-state index is 6.15. The second kappa shape index (κ2) is 7.53. The van der Waals surface area contributed by atoms with Gasteiger partial charge in [0.05, 0.1) is 6.26 Å². The third-order valence-electron chi connectivity index (χ3n) is 4.22. The fraction of sp³-hybridized carbons (Fsp3) is 0.333. The largest absolute Gasteiger partial charge is 0.459 e. The van der Waals surface area contributed by atoms with Gasteiger partial charge in [0.25, 0.3) is 11.1 Å². The second-order valence-corrected chi connectivity index (χ2v) is 7.27. The maximum Gasteiger partial charge on any atom is 0.284 e. The molecule has 2 aromatic heterocycles. The van der Waals surface area contributed by atoms with Gasteiger partial charge in [0.15, 0.2) is 5.76 Å². The van der Waals surface area contributed by atoms with Gasteiger partial charge < -0.3 is 23.8 Å². The van der Waals surface area contributed by atoms with Gasteiger partial charge in [-0.15, -0.1) is 10.2 Å². The number of furan rings is 1. The summed E-state index contributed by atoms with van der Waals surface area (Å²) < 4.78 is 17.0. The summed E-state index contributed by atoms with van der Waals surface area (Å²) in [6.07, 6.45) is 1.76. The Morgan fingerprint density at radius 3 is 2.77 bits per heavy atom. The minimum Gasteiger partial charge on any atom is -0.459 e. The van der Waals surface area contributed by atoms with Crippen LogP contribution < -0.4 is 10.2 Å². The van der Waals surface area contributed by atoms with E-state index < -0.39 is 0 Å². The van der Waals surface area contributed by atoms with E-state index in [1.165, 1.54) is 23.0 Å². The summed E-state index contributed by atoms with van der Waals surface area (Å²) in [5.74, 6) is 1.74. The fourth-order valence-corrected chi connectivity index (χ4v) is 3.59. The van der Waals surface area contributed by atoms with E-state index >= 15 is 0 Å². The summed E-state index contributed by atoms with van der Waals surface area (Å²) in [7, 11) is 4.07. The van der Waals surface area contributed by atoms with Crippen molar-refractivity contribution in [2.45, 2.75) is 17.6 Å². The van der Waals surface area contributed by atoms with Crippen LogP contribution in [-0.4, -0.2) is 42.7 Å². The third-order valence-corrected chi connectivity index (χ3v) is 5.17. The summed E-state index contributed by atoms with van der Waals surface area (Å²) in [4.78, 5) is 2.09. The molecule has 1 aromatic carbocycles. The van der Waals surface area contributed by atoms with E-state index in [4.69, 9.17) is 13.6 Å². The Balaban J connectivity index is 1.30. The van der Waals surface area contributed by atoms with Gasteiger partial charge >= 0.3 is 0 Å². The molecule has 136 valence electrons. The van der Waals surface area contributed by atoms with Crippen molar-refractivity contribution in [3.8, 4) is 11.7 Å². The minimum absolute atomic E-state index is 0.0400. The molecule has 7 nitrogen and oxygen atoms in total. The van der Waals surface area contributed by atoms with Crippen molar-refractivity contribution in [3.05, 3.63) is 48.2 Å². The zero-order valence-corrected chi connectivity index (χ0v) is 15.5. The zero-order chi connectivity index (χ0) is 17.9. The van der Waals surface area contributed by atoms with E-state index in [0.717, 1.165) is 12.3 Å². The van der Waals surface area contributed by atoms with Crippen LogP contribution in [-0.2, 0) is 4.74 Å². The van der Waals surface area contributed by atoms with E-state index in [1.807, 2.05) is 14.1 Å². The van der Waals surface area contributed by atoms with Crippen LogP contribution in [0.15, 0.2) is 56.7 Å². The topological polar surface area (TPSA) is 81.1 Å². The first-order valence-corrected chi connectivity index (χ1v) is 9.44. The van der Waals surface area contributed by atoms with Crippen LogP contribution in [0, 0.1) is 0 Å². The molecule has 3 aromatic rings. The van der Waals surface area contributed by atoms with Crippen LogP contribution in [0.2, 0.25) is 0 Å². The summed E-state index contributed by atoms with van der Waals surface area (Å²) >= 11 is 1.51. The van der Waals surface area contributed by atoms with E-state index in [1.54, 1.807) is 18.4 Å². The third kappa shape index (κ3) is 3.77. The highest BCUT2D eigenvalue weighted by molar-refractivity contribution is 7.99. The second-order valence-electron chi connectivity index (χ2n) is 6.30. The number of nitrogens with two attached hydrogens (primary N) is 1. The molecular weight excluding hydrogens is 352 g/mol. The lowest BCUT2D eigenvalue weighted by Gasteiger charge is -2.14. The first-order chi connectivity index (χ1) is 12.7. The predicted octanol–water partition coefficient (Wildman–Crippen LogP) is 2.15. The van der Waals surface area contributed by atoms with Crippen LogP contribution in [0.4, 0.5) is 5.69 Å². The number of aromatic nitrogens is 2. The molecule has 1 fully saturated rings. The van der Waals surface area contributed by atoms with Crippen LogP contribution in [0.25, 0.3) is 11.7 Å². The molecule has 1 aliphatic rings. The highest BCUT2D eigenvalue weighted by Crippen LogP contribution is 2.26. The monoisotopic (exact) mass is 373 g/mol.